The third-order valence-electron chi connectivity index (χ3n) is 2.32. The van der Waals surface area contributed by atoms with Gasteiger partial charge < -0.3 is 5.32 Å². The molecule has 2 aromatic rings. The minimum atomic E-state index is -0.186. The van der Waals surface area contributed by atoms with E-state index >= 15 is 0 Å². The number of hydrogen-bond acceptors (Lipinski definition) is 3. The van der Waals surface area contributed by atoms with Crippen molar-refractivity contribution >= 4 is 11.7 Å². The van der Waals surface area contributed by atoms with Crippen LogP contribution in [0.2, 0.25) is 0 Å². The van der Waals surface area contributed by atoms with Crippen LogP contribution in [0.5, 0.6) is 0 Å². The summed E-state index contributed by atoms with van der Waals surface area (Å²) in [6.07, 6.45) is 1.51. The Kier molecular flexibility index (Phi) is 2.47. The number of nitrogens with zero attached hydrogens (tertiary/aromatic N) is 3. The van der Waals surface area contributed by atoms with E-state index in [9.17, 15) is 4.79 Å². The number of aryl methyl sites for hydroxylation is 3. The predicted molar refractivity (Wildman–Crippen MR) is 59.2 cm³/mol. The van der Waals surface area contributed by atoms with Gasteiger partial charge in [-0.2, -0.15) is 10.2 Å². The zero-order valence-corrected chi connectivity index (χ0v) is 9.40. The minimum Gasteiger partial charge on any atom is -0.307 e. The second kappa shape index (κ2) is 3.80. The molecule has 0 fully saturated rings. The molecule has 0 spiro atoms. The van der Waals surface area contributed by atoms with Gasteiger partial charge in [0.15, 0.2) is 0 Å². The van der Waals surface area contributed by atoms with Crippen LogP contribution in [0.15, 0.2) is 12.3 Å². The standard InChI is InChI=1S/C10H13N5O/c1-6-4-9(15(3)14-6)12-10(16)8-5-11-13-7(8)2/h4-5H,1-3H3,(H,11,13)(H,12,16). The van der Waals surface area contributed by atoms with Crippen molar-refractivity contribution in [2.45, 2.75) is 13.8 Å². The zero-order valence-electron chi connectivity index (χ0n) is 9.40. The van der Waals surface area contributed by atoms with Gasteiger partial charge in [0.05, 0.1) is 17.5 Å². The monoisotopic (exact) mass is 219 g/mol. The largest absolute Gasteiger partial charge is 0.307 e. The number of hydrogen-bond donors (Lipinski definition) is 2. The number of nitrogens with one attached hydrogen (secondary N) is 2. The van der Waals surface area contributed by atoms with Crippen LogP contribution in [-0.4, -0.2) is 25.9 Å². The van der Waals surface area contributed by atoms with Gasteiger partial charge in [0, 0.05) is 18.8 Å². The predicted octanol–water partition coefficient (Wildman–Crippen LogP) is 1.01. The molecule has 2 rings (SSSR count). The number of carbonyl (C=O) groups is 1. The smallest absolute Gasteiger partial charge is 0.260 e. The molecule has 0 unspecified atom stereocenters. The highest BCUT2D eigenvalue weighted by atomic mass is 16.1. The molecule has 2 heterocycles. The van der Waals surface area contributed by atoms with Gasteiger partial charge in [-0.1, -0.05) is 0 Å². The first-order chi connectivity index (χ1) is 7.58. The highest BCUT2D eigenvalue weighted by Gasteiger charge is 2.12. The Hall–Kier alpha value is -2.11. The molecule has 0 bridgehead atoms. The third-order valence-corrected chi connectivity index (χ3v) is 2.32. The average molecular weight is 219 g/mol. The fraction of sp³-hybridized carbons (Fsp3) is 0.300. The molecule has 0 aliphatic carbocycles. The van der Waals surface area contributed by atoms with Gasteiger partial charge in [-0.25, -0.2) is 0 Å². The summed E-state index contributed by atoms with van der Waals surface area (Å²) in [4.78, 5) is 11.8. The third kappa shape index (κ3) is 1.81. The van der Waals surface area contributed by atoms with Crippen molar-refractivity contribution in [1.82, 2.24) is 20.0 Å². The molecular weight excluding hydrogens is 206 g/mol. The summed E-state index contributed by atoms with van der Waals surface area (Å²) in [5, 5.41) is 13.4. The fourth-order valence-corrected chi connectivity index (χ4v) is 1.49. The molecule has 2 aromatic heterocycles. The Labute approximate surface area is 92.7 Å². The summed E-state index contributed by atoms with van der Waals surface area (Å²) in [5.41, 5.74) is 2.15. The molecule has 2 N–H and O–H groups in total. The van der Waals surface area contributed by atoms with E-state index in [1.165, 1.54) is 6.20 Å². The molecule has 6 nitrogen and oxygen atoms in total. The maximum absolute atomic E-state index is 11.8. The van der Waals surface area contributed by atoms with Gasteiger partial charge in [-0.05, 0) is 13.8 Å². The lowest BCUT2D eigenvalue weighted by atomic mass is 10.2. The lowest BCUT2D eigenvalue weighted by Gasteiger charge is -2.03. The zero-order chi connectivity index (χ0) is 11.7. The summed E-state index contributed by atoms with van der Waals surface area (Å²) in [5.74, 6) is 0.484. The van der Waals surface area contributed by atoms with Gasteiger partial charge in [0.25, 0.3) is 5.91 Å². The van der Waals surface area contributed by atoms with Crippen LogP contribution in [-0.2, 0) is 7.05 Å². The van der Waals surface area contributed by atoms with Crippen molar-refractivity contribution in [2.24, 2.45) is 7.05 Å². The number of rotatable bonds is 2. The summed E-state index contributed by atoms with van der Waals surface area (Å²) < 4.78 is 1.63. The normalized spacial score (nSPS) is 10.4. The van der Waals surface area contributed by atoms with E-state index in [1.807, 2.05) is 13.0 Å². The van der Waals surface area contributed by atoms with E-state index in [2.05, 4.69) is 20.6 Å². The van der Waals surface area contributed by atoms with Crippen LogP contribution in [0.4, 0.5) is 5.82 Å². The van der Waals surface area contributed by atoms with E-state index in [4.69, 9.17) is 0 Å². The van der Waals surface area contributed by atoms with Crippen LogP contribution in [0, 0.1) is 13.8 Å². The Balaban J connectivity index is 2.20. The van der Waals surface area contributed by atoms with Crippen molar-refractivity contribution < 1.29 is 4.79 Å². The van der Waals surface area contributed by atoms with E-state index in [0.29, 0.717) is 11.4 Å². The van der Waals surface area contributed by atoms with E-state index in [0.717, 1.165) is 11.4 Å². The van der Waals surface area contributed by atoms with Crippen LogP contribution < -0.4 is 5.32 Å². The molecule has 0 saturated carbocycles. The van der Waals surface area contributed by atoms with Gasteiger partial charge >= 0.3 is 0 Å². The highest BCUT2D eigenvalue weighted by molar-refractivity contribution is 6.04. The van der Waals surface area contributed by atoms with Crippen LogP contribution in [0.1, 0.15) is 21.7 Å². The first kappa shape index (κ1) is 10.4. The van der Waals surface area contributed by atoms with Crippen LogP contribution >= 0.6 is 0 Å². The number of aromatic amines is 1. The van der Waals surface area contributed by atoms with E-state index in [-0.39, 0.29) is 5.91 Å². The Bertz CT molecular complexity index is 525. The van der Waals surface area contributed by atoms with Gasteiger partial charge in [-0.15, -0.1) is 0 Å². The first-order valence-electron chi connectivity index (χ1n) is 4.90. The summed E-state index contributed by atoms with van der Waals surface area (Å²) >= 11 is 0. The maximum Gasteiger partial charge on any atom is 0.260 e. The number of amides is 1. The second-order valence-corrected chi connectivity index (χ2v) is 3.66. The lowest BCUT2D eigenvalue weighted by Crippen LogP contribution is -2.14. The first-order valence-corrected chi connectivity index (χ1v) is 4.90. The highest BCUT2D eigenvalue weighted by Crippen LogP contribution is 2.11. The molecule has 0 saturated heterocycles. The molecule has 0 aromatic carbocycles. The fourth-order valence-electron chi connectivity index (χ4n) is 1.49. The van der Waals surface area contributed by atoms with Crippen LogP contribution in [0.25, 0.3) is 0 Å². The SMILES string of the molecule is Cc1cc(NC(=O)c2cn[nH]c2C)n(C)n1. The molecule has 0 atom stereocenters. The lowest BCUT2D eigenvalue weighted by molar-refractivity contribution is 0.102. The number of anilines is 1. The number of carbonyl (C=O) groups excluding carboxylic acids is 1. The molecule has 1 amide bonds. The van der Waals surface area contributed by atoms with Crippen molar-refractivity contribution in [3.63, 3.8) is 0 Å². The quantitative estimate of drug-likeness (QED) is 0.791. The van der Waals surface area contributed by atoms with Crippen LogP contribution in [0.3, 0.4) is 0 Å². The summed E-state index contributed by atoms with van der Waals surface area (Å²) in [6, 6.07) is 1.81. The van der Waals surface area contributed by atoms with Crippen molar-refractivity contribution in [1.29, 1.82) is 0 Å². The molecular formula is C10H13N5O. The molecule has 0 aliphatic heterocycles. The second-order valence-electron chi connectivity index (χ2n) is 3.66. The van der Waals surface area contributed by atoms with E-state index in [1.54, 1.807) is 18.7 Å². The Morgan fingerprint density at radius 3 is 2.75 bits per heavy atom. The Morgan fingerprint density at radius 2 is 2.25 bits per heavy atom. The molecule has 84 valence electrons. The van der Waals surface area contributed by atoms with Gasteiger partial charge in [0.1, 0.15) is 5.82 Å². The average Bonchev–Trinajstić information content (AvgIpc) is 2.74. The topological polar surface area (TPSA) is 75.6 Å². The van der Waals surface area contributed by atoms with Gasteiger partial charge in [0.2, 0.25) is 0 Å². The maximum atomic E-state index is 11.8. The molecule has 0 radical (unpaired) electrons. The van der Waals surface area contributed by atoms with Crippen molar-refractivity contribution in [3.05, 3.63) is 29.2 Å². The molecule has 6 heteroatoms. The van der Waals surface area contributed by atoms with E-state index < -0.39 is 0 Å². The molecule has 0 aliphatic rings. The number of H-pyrrole nitrogens is 1. The number of aromatic nitrogens is 4. The summed E-state index contributed by atoms with van der Waals surface area (Å²) in [7, 11) is 1.78. The van der Waals surface area contributed by atoms with Crippen molar-refractivity contribution in [3.8, 4) is 0 Å². The van der Waals surface area contributed by atoms with Crippen molar-refractivity contribution in [2.75, 3.05) is 5.32 Å². The molecule has 16 heavy (non-hydrogen) atoms. The summed E-state index contributed by atoms with van der Waals surface area (Å²) in [6.45, 7) is 3.68. The Morgan fingerprint density at radius 1 is 1.50 bits per heavy atom. The van der Waals surface area contributed by atoms with Gasteiger partial charge in [-0.3, -0.25) is 14.6 Å². The minimum absolute atomic E-state index is 0.186.